The molecule has 16 nitrogen and oxygen atoms in total. The first kappa shape index (κ1) is 43.4. The smallest absolute Gasteiger partial charge is 0.425 e. The van der Waals surface area contributed by atoms with E-state index in [1.54, 1.807) is 47.9 Å². The summed E-state index contributed by atoms with van der Waals surface area (Å²) >= 11 is 0. The fourth-order valence-electron chi connectivity index (χ4n) is 7.47. The summed E-state index contributed by atoms with van der Waals surface area (Å²) in [4.78, 5) is 55.6. The molecule has 2 aliphatic heterocycles. The molecule has 2 radical (unpaired) electrons. The molecule has 3 rings (SSSR count). The molecular formula is C35H59BN6O10. The first-order valence-corrected chi connectivity index (χ1v) is 18.3. The number of amides is 1. The molecule has 292 valence electrons. The molecule has 0 aromatic carbocycles. The molecule has 2 aliphatic rings. The van der Waals surface area contributed by atoms with Crippen LogP contribution >= 0.6 is 0 Å². The average Bonchev–Trinajstić information content (AvgIpc) is 3.64. The van der Waals surface area contributed by atoms with E-state index < -0.39 is 71.8 Å². The number of aliphatic hydroxyl groups is 1. The van der Waals surface area contributed by atoms with Gasteiger partial charge in [0.15, 0.2) is 17.7 Å². The van der Waals surface area contributed by atoms with Gasteiger partial charge in [-0.1, -0.05) is 39.8 Å². The second kappa shape index (κ2) is 18.9. The van der Waals surface area contributed by atoms with Crippen molar-refractivity contribution in [3.63, 3.8) is 0 Å². The van der Waals surface area contributed by atoms with E-state index in [9.17, 15) is 24.3 Å². The lowest BCUT2D eigenvalue weighted by molar-refractivity contribution is -0.273. The molecule has 0 unspecified atom stereocenters. The second-order valence-corrected chi connectivity index (χ2v) is 14.6. The maximum Gasteiger partial charge on any atom is 0.425 e. The predicted molar refractivity (Wildman–Crippen MR) is 189 cm³/mol. The molecule has 1 aromatic rings. The van der Waals surface area contributed by atoms with E-state index >= 15 is 0 Å². The maximum absolute atomic E-state index is 13.8. The maximum atomic E-state index is 13.8. The summed E-state index contributed by atoms with van der Waals surface area (Å²) < 4.78 is 30.2. The van der Waals surface area contributed by atoms with Gasteiger partial charge in [0.05, 0.1) is 17.9 Å². The van der Waals surface area contributed by atoms with E-state index in [0.717, 1.165) is 15.3 Å². The van der Waals surface area contributed by atoms with Gasteiger partial charge in [-0.15, -0.1) is 5.10 Å². The fraction of sp³-hybridized carbons (Fsp3) is 0.829. The number of hydrazine groups is 1. The van der Waals surface area contributed by atoms with Gasteiger partial charge >= 0.3 is 12.1 Å². The summed E-state index contributed by atoms with van der Waals surface area (Å²) in [5.74, 6) is 1.68. The van der Waals surface area contributed by atoms with Crippen LogP contribution in [0.2, 0.25) is 0 Å². The van der Waals surface area contributed by atoms with Gasteiger partial charge in [-0.3, -0.25) is 14.4 Å². The number of likely N-dealkylation sites (N-methyl/N-ethyl adjacent to an activating group) is 1. The highest BCUT2D eigenvalue weighted by atomic mass is 16.7. The number of Topliss-reactive ketones (excluding diaryl/α,β-unsaturated/α-hetero) is 2. The van der Waals surface area contributed by atoms with Crippen molar-refractivity contribution in [3.05, 3.63) is 11.9 Å². The van der Waals surface area contributed by atoms with Gasteiger partial charge in [-0.2, -0.15) is 0 Å². The minimum atomic E-state index is -1.48. The molecule has 0 aliphatic carbocycles. The lowest BCUT2D eigenvalue weighted by Crippen LogP contribution is -2.59. The Labute approximate surface area is 308 Å². The van der Waals surface area contributed by atoms with Gasteiger partial charge in [0, 0.05) is 56.7 Å². The third kappa shape index (κ3) is 9.97. The Balaban J connectivity index is 1.68. The van der Waals surface area contributed by atoms with Crippen LogP contribution in [0.4, 0.5) is 4.79 Å². The molecule has 0 saturated carbocycles. The molecule has 0 spiro atoms. The van der Waals surface area contributed by atoms with Gasteiger partial charge in [0.25, 0.3) is 7.98 Å². The van der Waals surface area contributed by atoms with E-state index in [1.807, 2.05) is 25.8 Å². The third-order valence-corrected chi connectivity index (χ3v) is 10.8. The number of hydrogen-bond donors (Lipinski definition) is 2. The number of nitrogens with two attached hydrogens (primary N) is 1. The summed E-state index contributed by atoms with van der Waals surface area (Å²) in [5.41, 5.74) is -0.756. The Morgan fingerprint density at radius 3 is 2.44 bits per heavy atom. The van der Waals surface area contributed by atoms with E-state index in [0.29, 0.717) is 38.8 Å². The number of cyclic esters (lactones) is 1. The molecule has 3 heterocycles. The number of aromatic nitrogens is 3. The number of carbonyl (C=O) groups excluding carboxylic acids is 4. The molecule has 52 heavy (non-hydrogen) atoms. The molecule has 3 N–H and O–H groups in total. The zero-order chi connectivity index (χ0) is 39.1. The molecule has 12 atom stereocenters. The van der Waals surface area contributed by atoms with Crippen molar-refractivity contribution >= 4 is 31.6 Å². The number of aliphatic hydroxyl groups excluding tert-OH is 1. The quantitative estimate of drug-likeness (QED) is 0.0647. The van der Waals surface area contributed by atoms with Crippen molar-refractivity contribution in [2.24, 2.45) is 29.5 Å². The number of methoxy groups -OCH3 is 1. The van der Waals surface area contributed by atoms with Crippen molar-refractivity contribution in [3.8, 4) is 0 Å². The Kier molecular flexibility index (Phi) is 15.8. The highest BCUT2D eigenvalue weighted by Gasteiger charge is 2.59. The number of carbonyl (C=O) groups is 4. The molecule has 2 fully saturated rings. The number of nitrogens with zero attached hydrogens (tertiary/aromatic N) is 5. The van der Waals surface area contributed by atoms with Gasteiger partial charge in [-0.25, -0.2) is 15.6 Å². The van der Waals surface area contributed by atoms with Crippen LogP contribution in [0.1, 0.15) is 86.8 Å². The lowest BCUT2D eigenvalue weighted by Gasteiger charge is -2.43. The Morgan fingerprint density at radius 2 is 1.87 bits per heavy atom. The van der Waals surface area contributed by atoms with Crippen LogP contribution in [0.3, 0.4) is 0 Å². The van der Waals surface area contributed by atoms with Crippen LogP contribution in [0.5, 0.6) is 0 Å². The van der Waals surface area contributed by atoms with Crippen molar-refractivity contribution < 1.29 is 48.0 Å². The van der Waals surface area contributed by atoms with E-state index in [4.69, 9.17) is 37.5 Å². The van der Waals surface area contributed by atoms with Crippen LogP contribution in [0, 0.1) is 23.7 Å². The van der Waals surface area contributed by atoms with Crippen LogP contribution in [0.25, 0.3) is 0 Å². The largest absolute Gasteiger partial charge is 0.458 e. The Bertz CT molecular complexity index is 1370. The van der Waals surface area contributed by atoms with Crippen molar-refractivity contribution in [2.75, 3.05) is 27.3 Å². The highest BCUT2D eigenvalue weighted by Crippen LogP contribution is 2.39. The molecule has 2 saturated heterocycles. The molecular weight excluding hydrogens is 675 g/mol. The van der Waals surface area contributed by atoms with Crippen molar-refractivity contribution in [1.82, 2.24) is 24.8 Å². The summed E-state index contributed by atoms with van der Waals surface area (Å²) in [6.45, 7) is 14.7. The summed E-state index contributed by atoms with van der Waals surface area (Å²) in [5, 5.41) is 20.0. The first-order valence-electron chi connectivity index (χ1n) is 18.3. The Morgan fingerprint density at radius 1 is 1.19 bits per heavy atom. The number of esters is 1. The highest BCUT2D eigenvalue weighted by molar-refractivity contribution is 6.05. The summed E-state index contributed by atoms with van der Waals surface area (Å²) in [6, 6.07) is -1.23. The van der Waals surface area contributed by atoms with Gasteiger partial charge in [0.1, 0.15) is 30.0 Å². The number of hydrogen-bond acceptors (Lipinski definition) is 14. The number of ether oxygens (including phenoxy) is 5. The van der Waals surface area contributed by atoms with Gasteiger partial charge < -0.3 is 38.3 Å². The Hall–Kier alpha value is -2.96. The first-order chi connectivity index (χ1) is 24.4. The zero-order valence-corrected chi connectivity index (χ0v) is 32.4. The predicted octanol–water partition coefficient (Wildman–Crippen LogP) is 1.84. The average molecular weight is 735 g/mol. The topological polar surface area (TPSA) is 198 Å². The monoisotopic (exact) mass is 734 g/mol. The van der Waals surface area contributed by atoms with Crippen molar-refractivity contribution in [1.29, 1.82) is 0 Å². The van der Waals surface area contributed by atoms with Crippen molar-refractivity contribution in [2.45, 2.75) is 136 Å². The number of rotatable bonds is 20. The van der Waals surface area contributed by atoms with Gasteiger partial charge in [0.2, 0.25) is 0 Å². The minimum Gasteiger partial charge on any atom is -0.458 e. The van der Waals surface area contributed by atoms with Crippen LogP contribution in [-0.4, -0.2) is 137 Å². The minimum absolute atomic E-state index is 0.136. The number of ketones is 2. The molecule has 1 aromatic heterocycles. The van der Waals surface area contributed by atoms with E-state index in [-0.39, 0.29) is 30.3 Å². The van der Waals surface area contributed by atoms with Crippen LogP contribution in [0.15, 0.2) is 6.20 Å². The van der Waals surface area contributed by atoms with Crippen LogP contribution in [-0.2, 0) is 44.5 Å². The normalized spacial score (nSPS) is 28.5. The molecule has 17 heteroatoms. The lowest BCUT2D eigenvalue weighted by atomic mass is 9.77. The molecule has 0 bridgehead atoms. The summed E-state index contributed by atoms with van der Waals surface area (Å²) in [7, 11) is 9.06. The molecule has 1 amide bonds. The fourth-order valence-corrected chi connectivity index (χ4v) is 7.47. The third-order valence-electron chi connectivity index (χ3n) is 10.8. The SMILES string of the molecule is [B]n1cc(CCN(C)[C@H]2C[C@@H](C)O[C@@H](O[C@@H](CC)[C@@H](C)C(=O)[C@@H](C)C(=O)O[C@H](CC)[C@@]3(C)OC(=O)N(N)[C@@H]3[C@@H](C)C(=O)[C@H](C)CCOC)[C@@H]2O)nn1. The second-order valence-electron chi connectivity index (χ2n) is 14.6. The standard InChI is InChI=1S/C35H59BN6O10/c1-11-26(50-33-30(45)25(17-20(4)49-33)40(9)15-13-24-18-41(36)39-38-24)21(5)29(44)23(7)32(46)51-27(12-2)35(8)31(42(37)34(47)52-35)22(6)28(43)19(3)14-16-48-10/h18-23,25-27,30-31,33,45H,11-17,37H2,1-10H3/t19-,20-,21-,22+,23-,25+,26+,27-,30-,31-,33+,35-/m1/s1. The van der Waals surface area contributed by atoms with Gasteiger partial charge in [-0.05, 0) is 53.5 Å². The zero-order valence-electron chi connectivity index (χ0n) is 32.4. The van der Waals surface area contributed by atoms with Crippen LogP contribution < -0.4 is 5.84 Å². The van der Waals surface area contributed by atoms with E-state index in [2.05, 4.69) is 10.3 Å². The summed E-state index contributed by atoms with van der Waals surface area (Å²) in [6.07, 6.45) is -0.933. The van der Waals surface area contributed by atoms with E-state index in [1.165, 1.54) is 6.92 Å².